The van der Waals surface area contributed by atoms with E-state index in [1.165, 1.54) is 0 Å². The summed E-state index contributed by atoms with van der Waals surface area (Å²) in [4.78, 5) is 11.9. The Morgan fingerprint density at radius 2 is 1.82 bits per heavy atom. The SMILES string of the molecule is [CH2]c1cccc(C(=O)Nc2ccc(N)cc2)c1. The van der Waals surface area contributed by atoms with E-state index in [2.05, 4.69) is 12.2 Å². The molecule has 0 unspecified atom stereocenters. The molecular weight excluding hydrogens is 212 g/mol. The normalized spacial score (nSPS) is 9.94. The zero-order valence-corrected chi connectivity index (χ0v) is 9.31. The van der Waals surface area contributed by atoms with Crippen LogP contribution in [0.5, 0.6) is 0 Å². The van der Waals surface area contributed by atoms with Gasteiger partial charge in [-0.3, -0.25) is 4.79 Å². The van der Waals surface area contributed by atoms with Crippen LogP contribution >= 0.6 is 0 Å². The second-order valence-electron chi connectivity index (χ2n) is 3.78. The number of carbonyl (C=O) groups excluding carboxylic acids is 1. The summed E-state index contributed by atoms with van der Waals surface area (Å²) < 4.78 is 0. The number of benzene rings is 2. The average molecular weight is 225 g/mol. The molecule has 0 aliphatic rings. The Morgan fingerprint density at radius 1 is 1.12 bits per heavy atom. The Kier molecular flexibility index (Phi) is 3.10. The van der Waals surface area contributed by atoms with Crippen molar-refractivity contribution in [2.75, 3.05) is 11.1 Å². The van der Waals surface area contributed by atoms with Crippen molar-refractivity contribution < 1.29 is 4.79 Å². The number of hydrogen-bond acceptors (Lipinski definition) is 2. The molecule has 3 N–H and O–H groups in total. The van der Waals surface area contributed by atoms with Gasteiger partial charge in [0, 0.05) is 16.9 Å². The summed E-state index contributed by atoms with van der Waals surface area (Å²) in [7, 11) is 0. The summed E-state index contributed by atoms with van der Waals surface area (Å²) in [5.74, 6) is -0.153. The van der Waals surface area contributed by atoms with Crippen molar-refractivity contribution in [3.63, 3.8) is 0 Å². The van der Waals surface area contributed by atoms with Gasteiger partial charge in [-0.2, -0.15) is 0 Å². The van der Waals surface area contributed by atoms with Crippen molar-refractivity contribution in [3.05, 3.63) is 66.6 Å². The largest absolute Gasteiger partial charge is 0.399 e. The fourth-order valence-corrected chi connectivity index (χ4v) is 1.48. The Hall–Kier alpha value is -2.29. The summed E-state index contributed by atoms with van der Waals surface area (Å²) in [6.07, 6.45) is 0. The van der Waals surface area contributed by atoms with E-state index in [9.17, 15) is 4.79 Å². The van der Waals surface area contributed by atoms with E-state index in [4.69, 9.17) is 5.73 Å². The third-order valence-electron chi connectivity index (χ3n) is 2.36. The lowest BCUT2D eigenvalue weighted by atomic mass is 10.1. The number of hydrogen-bond donors (Lipinski definition) is 2. The van der Waals surface area contributed by atoms with E-state index in [1.807, 2.05) is 6.07 Å². The standard InChI is InChI=1S/C14H13N2O/c1-10-3-2-4-11(9-10)14(17)16-13-7-5-12(15)6-8-13/h2-9H,1,15H2,(H,16,17). The summed E-state index contributed by atoms with van der Waals surface area (Å²) in [6.45, 7) is 3.79. The summed E-state index contributed by atoms with van der Waals surface area (Å²) in [5, 5.41) is 2.79. The van der Waals surface area contributed by atoms with E-state index in [1.54, 1.807) is 42.5 Å². The van der Waals surface area contributed by atoms with Gasteiger partial charge in [-0.25, -0.2) is 0 Å². The maximum absolute atomic E-state index is 11.9. The Bertz CT molecular complexity index is 532. The lowest BCUT2D eigenvalue weighted by Crippen LogP contribution is -2.11. The van der Waals surface area contributed by atoms with Crippen LogP contribution in [-0.4, -0.2) is 5.91 Å². The maximum atomic E-state index is 11.9. The van der Waals surface area contributed by atoms with Gasteiger partial charge in [-0.1, -0.05) is 12.1 Å². The van der Waals surface area contributed by atoms with Gasteiger partial charge >= 0.3 is 0 Å². The monoisotopic (exact) mass is 225 g/mol. The third-order valence-corrected chi connectivity index (χ3v) is 2.36. The first-order valence-electron chi connectivity index (χ1n) is 5.24. The number of nitrogen functional groups attached to an aromatic ring is 1. The zero-order valence-electron chi connectivity index (χ0n) is 9.31. The molecule has 0 saturated heterocycles. The van der Waals surface area contributed by atoms with Crippen molar-refractivity contribution in [3.8, 4) is 0 Å². The highest BCUT2D eigenvalue weighted by molar-refractivity contribution is 6.04. The smallest absolute Gasteiger partial charge is 0.255 e. The van der Waals surface area contributed by atoms with Crippen molar-refractivity contribution in [2.45, 2.75) is 0 Å². The Balaban J connectivity index is 2.14. The molecule has 0 aliphatic heterocycles. The quantitative estimate of drug-likeness (QED) is 0.772. The van der Waals surface area contributed by atoms with Crippen LogP contribution in [0.15, 0.2) is 48.5 Å². The van der Waals surface area contributed by atoms with E-state index in [0.717, 1.165) is 11.3 Å². The molecule has 0 saturated carbocycles. The van der Waals surface area contributed by atoms with Gasteiger partial charge in [-0.05, 0) is 48.9 Å². The van der Waals surface area contributed by atoms with Gasteiger partial charge in [0.05, 0.1) is 0 Å². The van der Waals surface area contributed by atoms with Gasteiger partial charge in [0.25, 0.3) is 5.91 Å². The van der Waals surface area contributed by atoms with Gasteiger partial charge < -0.3 is 11.1 Å². The molecule has 3 nitrogen and oxygen atoms in total. The number of anilines is 2. The highest BCUT2D eigenvalue weighted by Crippen LogP contribution is 2.12. The lowest BCUT2D eigenvalue weighted by Gasteiger charge is -2.06. The van der Waals surface area contributed by atoms with Gasteiger partial charge in [0.15, 0.2) is 0 Å². The molecule has 1 amide bonds. The third kappa shape index (κ3) is 2.84. The minimum Gasteiger partial charge on any atom is -0.399 e. The first-order chi connectivity index (χ1) is 8.15. The predicted octanol–water partition coefficient (Wildman–Crippen LogP) is 2.70. The topological polar surface area (TPSA) is 55.1 Å². The molecule has 0 bridgehead atoms. The Labute approximate surface area is 100 Å². The van der Waals surface area contributed by atoms with Crippen LogP contribution in [0.3, 0.4) is 0 Å². The van der Waals surface area contributed by atoms with Crippen LogP contribution < -0.4 is 11.1 Å². The first-order valence-corrected chi connectivity index (χ1v) is 5.24. The molecule has 17 heavy (non-hydrogen) atoms. The minimum atomic E-state index is -0.153. The van der Waals surface area contributed by atoms with Gasteiger partial charge in [-0.15, -0.1) is 0 Å². The van der Waals surface area contributed by atoms with Crippen LogP contribution in [0.4, 0.5) is 11.4 Å². The molecule has 0 aromatic heterocycles. The van der Waals surface area contributed by atoms with E-state index in [0.29, 0.717) is 11.3 Å². The molecule has 2 rings (SSSR count). The second kappa shape index (κ2) is 4.70. The van der Waals surface area contributed by atoms with Crippen molar-refractivity contribution in [1.29, 1.82) is 0 Å². The second-order valence-corrected chi connectivity index (χ2v) is 3.78. The van der Waals surface area contributed by atoms with Crippen molar-refractivity contribution >= 4 is 17.3 Å². The fourth-order valence-electron chi connectivity index (χ4n) is 1.48. The molecule has 85 valence electrons. The van der Waals surface area contributed by atoms with Crippen LogP contribution in [0.1, 0.15) is 15.9 Å². The number of nitrogens with two attached hydrogens (primary N) is 1. The van der Waals surface area contributed by atoms with E-state index >= 15 is 0 Å². The summed E-state index contributed by atoms with van der Waals surface area (Å²) >= 11 is 0. The molecule has 2 aromatic rings. The molecule has 0 heterocycles. The van der Waals surface area contributed by atoms with E-state index in [-0.39, 0.29) is 5.91 Å². The Morgan fingerprint density at radius 3 is 2.47 bits per heavy atom. The molecule has 2 aromatic carbocycles. The van der Waals surface area contributed by atoms with Crippen molar-refractivity contribution in [2.24, 2.45) is 0 Å². The highest BCUT2D eigenvalue weighted by Gasteiger charge is 2.05. The average Bonchev–Trinajstić information content (AvgIpc) is 2.32. The minimum absolute atomic E-state index is 0.153. The lowest BCUT2D eigenvalue weighted by molar-refractivity contribution is 0.102. The molecule has 0 fully saturated rings. The van der Waals surface area contributed by atoms with E-state index < -0.39 is 0 Å². The molecule has 3 heteroatoms. The van der Waals surface area contributed by atoms with Crippen LogP contribution in [0.25, 0.3) is 0 Å². The molecular formula is C14H13N2O. The van der Waals surface area contributed by atoms with Crippen LogP contribution in [0, 0.1) is 6.92 Å². The first kappa shape index (κ1) is 11.2. The number of nitrogens with one attached hydrogen (secondary N) is 1. The van der Waals surface area contributed by atoms with Gasteiger partial charge in [0.1, 0.15) is 0 Å². The van der Waals surface area contributed by atoms with Crippen LogP contribution in [0.2, 0.25) is 0 Å². The predicted molar refractivity (Wildman–Crippen MR) is 69.7 cm³/mol. The summed E-state index contributed by atoms with van der Waals surface area (Å²) in [6, 6.07) is 14.2. The summed E-state index contributed by atoms with van der Waals surface area (Å²) in [5.41, 5.74) is 8.36. The van der Waals surface area contributed by atoms with Crippen LogP contribution in [-0.2, 0) is 0 Å². The van der Waals surface area contributed by atoms with Gasteiger partial charge in [0.2, 0.25) is 0 Å². The highest BCUT2D eigenvalue weighted by atomic mass is 16.1. The molecule has 0 spiro atoms. The fraction of sp³-hybridized carbons (Fsp3) is 0. The van der Waals surface area contributed by atoms with Crippen molar-refractivity contribution in [1.82, 2.24) is 0 Å². The number of rotatable bonds is 2. The molecule has 0 aliphatic carbocycles. The molecule has 1 radical (unpaired) electrons. The maximum Gasteiger partial charge on any atom is 0.255 e. The number of amides is 1. The zero-order chi connectivity index (χ0) is 12.3. The number of carbonyl (C=O) groups is 1. The molecule has 0 atom stereocenters.